The zero-order valence-corrected chi connectivity index (χ0v) is 8.08. The second kappa shape index (κ2) is 2.69. The lowest BCUT2D eigenvalue weighted by Crippen LogP contribution is -2.08. The van der Waals surface area contributed by atoms with Crippen molar-refractivity contribution in [1.29, 1.82) is 0 Å². The van der Waals surface area contributed by atoms with E-state index in [-0.39, 0.29) is 11.8 Å². The molecule has 0 amide bonds. The molecule has 3 nitrogen and oxygen atoms in total. The fourth-order valence-electron chi connectivity index (χ4n) is 3.21. The van der Waals surface area contributed by atoms with Gasteiger partial charge in [0.25, 0.3) is 0 Å². The zero-order chi connectivity index (χ0) is 9.71. The van der Waals surface area contributed by atoms with Crippen molar-refractivity contribution < 1.29 is 10.2 Å². The molecule has 1 aromatic rings. The van der Waals surface area contributed by atoms with Gasteiger partial charge in [-0.05, 0) is 37.5 Å². The second-order valence-electron chi connectivity index (χ2n) is 4.55. The molecule has 1 aromatic heterocycles. The Balaban J connectivity index is 2.22. The van der Waals surface area contributed by atoms with E-state index in [1.165, 1.54) is 19.3 Å². The van der Waals surface area contributed by atoms with Gasteiger partial charge < -0.3 is 10.2 Å². The normalized spacial score (nSPS) is 30.0. The monoisotopic (exact) mass is 193 g/mol. The highest BCUT2D eigenvalue weighted by Crippen LogP contribution is 2.53. The zero-order valence-electron chi connectivity index (χ0n) is 8.08. The molecule has 1 saturated carbocycles. The maximum absolute atomic E-state index is 9.71. The molecule has 2 atom stereocenters. The number of aromatic amines is 1. The van der Waals surface area contributed by atoms with Crippen LogP contribution in [0, 0.1) is 0 Å². The van der Waals surface area contributed by atoms with Crippen LogP contribution in [0.1, 0.15) is 55.1 Å². The minimum Gasteiger partial charge on any atom is -0.494 e. The summed E-state index contributed by atoms with van der Waals surface area (Å²) >= 11 is 0. The van der Waals surface area contributed by atoms with Gasteiger partial charge >= 0.3 is 0 Å². The SMILES string of the molecule is Oc1[nH]c(O)c2c1C1CCCC2CC1. The first-order valence-electron chi connectivity index (χ1n) is 5.41. The predicted octanol–water partition coefficient (Wildman–Crippen LogP) is 2.57. The standard InChI is InChI=1S/C11H15NO2/c13-10-8-6-2-1-3-7(5-4-6)9(8)11(14)12-10/h6-7,12-14H,1-5H2. The van der Waals surface area contributed by atoms with Gasteiger partial charge in [-0.25, -0.2) is 0 Å². The molecule has 3 aliphatic carbocycles. The predicted molar refractivity (Wildman–Crippen MR) is 52.7 cm³/mol. The van der Waals surface area contributed by atoms with E-state index < -0.39 is 0 Å². The fraction of sp³-hybridized carbons (Fsp3) is 0.636. The van der Waals surface area contributed by atoms with Gasteiger partial charge in [0.05, 0.1) is 0 Å². The van der Waals surface area contributed by atoms with Crippen LogP contribution in [-0.2, 0) is 0 Å². The van der Waals surface area contributed by atoms with Crippen LogP contribution in [0.3, 0.4) is 0 Å². The molecule has 2 unspecified atom stereocenters. The number of aromatic nitrogens is 1. The van der Waals surface area contributed by atoms with Crippen molar-refractivity contribution >= 4 is 0 Å². The van der Waals surface area contributed by atoms with Gasteiger partial charge in [-0.1, -0.05) is 6.42 Å². The van der Waals surface area contributed by atoms with Crippen LogP contribution in [-0.4, -0.2) is 15.2 Å². The van der Waals surface area contributed by atoms with Gasteiger partial charge in [-0.15, -0.1) is 0 Å². The summed E-state index contributed by atoms with van der Waals surface area (Å²) in [6.45, 7) is 0. The lowest BCUT2D eigenvalue weighted by atomic mass is 9.80. The number of aromatic hydroxyl groups is 2. The van der Waals surface area contributed by atoms with Crippen LogP contribution in [0.4, 0.5) is 0 Å². The maximum Gasteiger partial charge on any atom is 0.195 e. The second-order valence-corrected chi connectivity index (χ2v) is 4.55. The van der Waals surface area contributed by atoms with Gasteiger partial charge in [0.15, 0.2) is 11.8 Å². The smallest absolute Gasteiger partial charge is 0.195 e. The molecule has 2 bridgehead atoms. The summed E-state index contributed by atoms with van der Waals surface area (Å²) in [4.78, 5) is 2.66. The van der Waals surface area contributed by atoms with Gasteiger partial charge in [-0.2, -0.15) is 0 Å². The first-order valence-corrected chi connectivity index (χ1v) is 5.41. The summed E-state index contributed by atoms with van der Waals surface area (Å²) in [7, 11) is 0. The Morgan fingerprint density at radius 2 is 1.36 bits per heavy atom. The third-order valence-corrected chi connectivity index (χ3v) is 3.82. The molecule has 1 heterocycles. The summed E-state index contributed by atoms with van der Waals surface area (Å²) in [5.41, 5.74) is 2.02. The van der Waals surface area contributed by atoms with Crippen LogP contribution in [0.15, 0.2) is 0 Å². The van der Waals surface area contributed by atoms with E-state index >= 15 is 0 Å². The van der Waals surface area contributed by atoms with Gasteiger partial charge in [0.2, 0.25) is 0 Å². The maximum atomic E-state index is 9.71. The Bertz CT molecular complexity index is 333. The highest BCUT2D eigenvalue weighted by molar-refractivity contribution is 5.50. The summed E-state index contributed by atoms with van der Waals surface area (Å²) in [5, 5.41) is 19.4. The van der Waals surface area contributed by atoms with E-state index in [4.69, 9.17) is 0 Å². The first kappa shape index (κ1) is 8.21. The fourth-order valence-corrected chi connectivity index (χ4v) is 3.21. The lowest BCUT2D eigenvalue weighted by Gasteiger charge is -2.23. The molecule has 0 radical (unpaired) electrons. The van der Waals surface area contributed by atoms with Crippen molar-refractivity contribution in [3.05, 3.63) is 11.1 Å². The molecule has 76 valence electrons. The Kier molecular flexibility index (Phi) is 1.58. The third-order valence-electron chi connectivity index (χ3n) is 3.82. The quantitative estimate of drug-likeness (QED) is 0.593. The molecule has 3 aliphatic rings. The van der Waals surface area contributed by atoms with Crippen LogP contribution in [0.25, 0.3) is 0 Å². The minimum atomic E-state index is 0.203. The number of rotatable bonds is 0. The molecule has 0 spiro atoms. The molecule has 0 saturated heterocycles. The van der Waals surface area contributed by atoms with Crippen molar-refractivity contribution in [2.75, 3.05) is 0 Å². The van der Waals surface area contributed by atoms with E-state index in [1.54, 1.807) is 0 Å². The Labute approximate surface area is 82.8 Å². The Morgan fingerprint density at radius 1 is 0.857 bits per heavy atom. The summed E-state index contributed by atoms with van der Waals surface area (Å²) in [6.07, 6.45) is 5.89. The van der Waals surface area contributed by atoms with Crippen LogP contribution >= 0.6 is 0 Å². The lowest BCUT2D eigenvalue weighted by molar-refractivity contribution is 0.418. The summed E-state index contributed by atoms with van der Waals surface area (Å²) in [6, 6.07) is 0. The van der Waals surface area contributed by atoms with Crippen molar-refractivity contribution in [1.82, 2.24) is 4.98 Å². The van der Waals surface area contributed by atoms with Gasteiger partial charge in [0, 0.05) is 11.1 Å². The average molecular weight is 193 g/mol. The van der Waals surface area contributed by atoms with Crippen molar-refractivity contribution in [2.45, 2.75) is 43.9 Å². The summed E-state index contributed by atoms with van der Waals surface area (Å²) < 4.78 is 0. The van der Waals surface area contributed by atoms with Crippen molar-refractivity contribution in [3.8, 4) is 11.8 Å². The summed E-state index contributed by atoms with van der Waals surface area (Å²) in [5.74, 6) is 1.35. The minimum absolute atomic E-state index is 0.203. The third kappa shape index (κ3) is 0.925. The number of fused-ring (bicyclic) bond motifs is 3. The van der Waals surface area contributed by atoms with E-state index in [2.05, 4.69) is 4.98 Å². The van der Waals surface area contributed by atoms with Gasteiger partial charge in [-0.3, -0.25) is 4.98 Å². The molecule has 1 fully saturated rings. The average Bonchev–Trinajstić information content (AvgIpc) is 2.42. The first-order chi connectivity index (χ1) is 6.77. The van der Waals surface area contributed by atoms with E-state index in [1.807, 2.05) is 0 Å². The number of nitrogens with one attached hydrogen (secondary N) is 1. The number of H-pyrrole nitrogens is 1. The van der Waals surface area contributed by atoms with Crippen molar-refractivity contribution in [3.63, 3.8) is 0 Å². The number of hydrogen-bond acceptors (Lipinski definition) is 2. The van der Waals surface area contributed by atoms with Crippen molar-refractivity contribution in [2.24, 2.45) is 0 Å². The molecule has 3 heteroatoms. The van der Waals surface area contributed by atoms with Crippen LogP contribution in [0.5, 0.6) is 11.8 Å². The van der Waals surface area contributed by atoms with Crippen LogP contribution < -0.4 is 0 Å². The molecular weight excluding hydrogens is 178 g/mol. The highest BCUT2D eigenvalue weighted by Gasteiger charge is 2.36. The Morgan fingerprint density at radius 3 is 1.86 bits per heavy atom. The van der Waals surface area contributed by atoms with Gasteiger partial charge in [0.1, 0.15) is 0 Å². The largest absolute Gasteiger partial charge is 0.494 e. The highest BCUT2D eigenvalue weighted by atomic mass is 16.3. The number of hydrogen-bond donors (Lipinski definition) is 3. The van der Waals surface area contributed by atoms with Crippen LogP contribution in [0.2, 0.25) is 0 Å². The molecule has 0 aromatic carbocycles. The topological polar surface area (TPSA) is 56.2 Å². The Hall–Kier alpha value is -1.12. The van der Waals surface area contributed by atoms with E-state index in [9.17, 15) is 10.2 Å². The molecular formula is C11H15NO2. The molecule has 14 heavy (non-hydrogen) atoms. The molecule has 4 rings (SSSR count). The molecule has 3 N–H and O–H groups in total. The van der Waals surface area contributed by atoms with E-state index in [0.29, 0.717) is 11.8 Å². The van der Waals surface area contributed by atoms with E-state index in [0.717, 1.165) is 24.0 Å². The molecule has 0 aliphatic heterocycles.